The van der Waals surface area contributed by atoms with Crippen LogP contribution in [0.15, 0.2) is 18.2 Å². The van der Waals surface area contributed by atoms with Crippen LogP contribution in [-0.2, 0) is 9.68 Å². The van der Waals surface area contributed by atoms with Crippen molar-refractivity contribution in [1.29, 1.82) is 0 Å². The third-order valence-corrected chi connectivity index (χ3v) is 4.32. The molecule has 0 fully saturated rings. The Labute approximate surface area is 142 Å². The van der Waals surface area contributed by atoms with Gasteiger partial charge >= 0.3 is 5.97 Å². The summed E-state index contributed by atoms with van der Waals surface area (Å²) >= 11 is 11.8. The van der Waals surface area contributed by atoms with Crippen LogP contribution >= 0.6 is 23.2 Å². The molecule has 0 amide bonds. The van der Waals surface area contributed by atoms with Gasteiger partial charge in [-0.2, -0.15) is 0 Å². The summed E-state index contributed by atoms with van der Waals surface area (Å²) in [4.78, 5) is 21.7. The molecular formula is C17H24Cl2O3. The van der Waals surface area contributed by atoms with Crippen LogP contribution in [0.3, 0.4) is 0 Å². The lowest BCUT2D eigenvalue weighted by Crippen LogP contribution is -2.17. The third kappa shape index (κ3) is 6.89. The van der Waals surface area contributed by atoms with E-state index in [0.29, 0.717) is 5.02 Å². The number of carbonyl (C=O) groups is 1. The molecule has 0 aromatic heterocycles. The van der Waals surface area contributed by atoms with E-state index in [1.807, 2.05) is 6.92 Å². The molecule has 0 bridgehead atoms. The summed E-state index contributed by atoms with van der Waals surface area (Å²) in [6.07, 6.45) is 8.00. The molecule has 1 aromatic rings. The number of hydrogen-bond donors (Lipinski definition) is 0. The molecule has 0 aliphatic carbocycles. The Morgan fingerprint density at radius 3 is 2.55 bits per heavy atom. The van der Waals surface area contributed by atoms with E-state index in [9.17, 15) is 4.79 Å². The first kappa shape index (κ1) is 19.1. The van der Waals surface area contributed by atoms with Crippen molar-refractivity contribution in [3.05, 3.63) is 28.2 Å². The maximum atomic E-state index is 11.9. The summed E-state index contributed by atoms with van der Waals surface area (Å²) in [5.74, 6) is -0.331. The second kappa shape index (κ2) is 10.7. The van der Waals surface area contributed by atoms with Crippen LogP contribution in [0.1, 0.15) is 58.8 Å². The zero-order valence-corrected chi connectivity index (χ0v) is 14.8. The van der Waals surface area contributed by atoms with Crippen LogP contribution in [0.4, 0.5) is 0 Å². The van der Waals surface area contributed by atoms with Crippen molar-refractivity contribution < 1.29 is 14.6 Å². The number of unbranched alkanes of at least 4 members (excludes halogenated alkanes) is 5. The Balaban J connectivity index is 2.25. The van der Waals surface area contributed by atoms with Gasteiger partial charge in [-0.15, -0.1) is 0 Å². The number of rotatable bonds is 10. The fraction of sp³-hybridized carbons (Fsp3) is 0.588. The molecule has 0 heterocycles. The van der Waals surface area contributed by atoms with E-state index < -0.39 is 0 Å². The summed E-state index contributed by atoms with van der Waals surface area (Å²) < 4.78 is 0. The monoisotopic (exact) mass is 346 g/mol. The van der Waals surface area contributed by atoms with Crippen molar-refractivity contribution in [2.24, 2.45) is 5.92 Å². The highest BCUT2D eigenvalue weighted by Gasteiger charge is 2.17. The van der Waals surface area contributed by atoms with E-state index in [-0.39, 0.29) is 22.7 Å². The van der Waals surface area contributed by atoms with Crippen molar-refractivity contribution >= 4 is 29.2 Å². The fourth-order valence-electron chi connectivity index (χ4n) is 2.07. The lowest BCUT2D eigenvalue weighted by Gasteiger charge is -2.11. The van der Waals surface area contributed by atoms with Gasteiger partial charge in [-0.1, -0.05) is 81.6 Å². The predicted octanol–water partition coefficient (Wildman–Crippen LogP) is 6.22. The number of carbonyl (C=O) groups excluding carboxylic acids is 1. The molecule has 0 radical (unpaired) electrons. The van der Waals surface area contributed by atoms with Gasteiger partial charge in [0.05, 0.1) is 10.9 Å². The maximum Gasteiger partial charge on any atom is 0.358 e. The average Bonchev–Trinajstić information content (AvgIpc) is 2.51. The van der Waals surface area contributed by atoms with Gasteiger partial charge in [0.2, 0.25) is 0 Å². The van der Waals surface area contributed by atoms with Crippen LogP contribution in [0.25, 0.3) is 0 Å². The Kier molecular flexibility index (Phi) is 9.33. The number of hydrogen-bond acceptors (Lipinski definition) is 3. The smallest absolute Gasteiger partial charge is 0.285 e. The van der Waals surface area contributed by atoms with Crippen LogP contribution in [0.5, 0.6) is 5.75 Å². The quantitative estimate of drug-likeness (QED) is 0.286. The summed E-state index contributed by atoms with van der Waals surface area (Å²) in [7, 11) is 0. The molecule has 0 aliphatic rings. The maximum absolute atomic E-state index is 11.9. The predicted molar refractivity (Wildman–Crippen MR) is 90.3 cm³/mol. The first-order chi connectivity index (χ1) is 10.6. The second-order valence-corrected chi connectivity index (χ2v) is 6.28. The lowest BCUT2D eigenvalue weighted by atomic mass is 10.0. The van der Waals surface area contributed by atoms with Gasteiger partial charge in [0.1, 0.15) is 5.02 Å². The molecule has 22 heavy (non-hydrogen) atoms. The summed E-state index contributed by atoms with van der Waals surface area (Å²) in [6.45, 7) is 4.04. The number of halogens is 2. The Bertz CT molecular complexity index is 463. The molecular weight excluding hydrogens is 323 g/mol. The van der Waals surface area contributed by atoms with Gasteiger partial charge in [-0.05, 0) is 18.6 Å². The van der Waals surface area contributed by atoms with E-state index in [0.717, 1.165) is 19.3 Å². The zero-order valence-electron chi connectivity index (χ0n) is 13.2. The normalized spacial score (nSPS) is 12.0. The molecule has 1 rings (SSSR count). The minimum absolute atomic E-state index is 0.191. The largest absolute Gasteiger partial charge is 0.358 e. The van der Waals surface area contributed by atoms with Gasteiger partial charge in [-0.3, -0.25) is 9.78 Å². The Hall–Kier alpha value is -0.930. The Morgan fingerprint density at radius 1 is 1.14 bits per heavy atom. The highest BCUT2D eigenvalue weighted by atomic mass is 35.5. The fourth-order valence-corrected chi connectivity index (χ4v) is 2.39. The van der Waals surface area contributed by atoms with E-state index in [1.54, 1.807) is 18.2 Å². The van der Waals surface area contributed by atoms with Crippen molar-refractivity contribution in [3.8, 4) is 5.75 Å². The van der Waals surface area contributed by atoms with E-state index in [2.05, 4.69) is 6.92 Å². The van der Waals surface area contributed by atoms with Crippen molar-refractivity contribution in [1.82, 2.24) is 0 Å². The van der Waals surface area contributed by atoms with Gasteiger partial charge in [0.15, 0.2) is 5.75 Å². The average molecular weight is 347 g/mol. The lowest BCUT2D eigenvalue weighted by molar-refractivity contribution is -0.218. The second-order valence-electron chi connectivity index (χ2n) is 5.50. The van der Waals surface area contributed by atoms with Crippen LogP contribution in [0, 0.1) is 5.92 Å². The SMILES string of the molecule is CCCCCCCCC(C)C(=O)OOc1cccc(Cl)c1Cl. The van der Waals surface area contributed by atoms with Gasteiger partial charge in [0.25, 0.3) is 0 Å². The van der Waals surface area contributed by atoms with Crippen molar-refractivity contribution in [3.63, 3.8) is 0 Å². The standard InChI is InChI=1S/C17H24Cl2O3/c1-3-4-5-6-7-8-10-13(2)17(20)22-21-15-12-9-11-14(18)16(15)19/h9,11-13H,3-8,10H2,1-2H3. The minimum Gasteiger partial charge on any atom is -0.285 e. The third-order valence-electron chi connectivity index (χ3n) is 3.52. The van der Waals surface area contributed by atoms with Crippen molar-refractivity contribution in [2.75, 3.05) is 0 Å². The van der Waals surface area contributed by atoms with E-state index >= 15 is 0 Å². The molecule has 5 heteroatoms. The molecule has 1 atom stereocenters. The molecule has 0 aliphatic heterocycles. The van der Waals surface area contributed by atoms with Crippen LogP contribution in [-0.4, -0.2) is 5.97 Å². The van der Waals surface area contributed by atoms with Gasteiger partial charge in [0, 0.05) is 0 Å². The minimum atomic E-state index is -0.385. The van der Waals surface area contributed by atoms with Crippen LogP contribution in [0.2, 0.25) is 10.0 Å². The van der Waals surface area contributed by atoms with E-state index in [1.165, 1.54) is 25.7 Å². The molecule has 3 nitrogen and oxygen atoms in total. The topological polar surface area (TPSA) is 35.5 Å². The summed E-state index contributed by atoms with van der Waals surface area (Å²) in [5.41, 5.74) is 0. The molecule has 1 unspecified atom stereocenters. The Morgan fingerprint density at radius 2 is 1.82 bits per heavy atom. The summed E-state index contributed by atoms with van der Waals surface area (Å²) in [6, 6.07) is 4.91. The molecule has 0 saturated heterocycles. The highest BCUT2D eigenvalue weighted by molar-refractivity contribution is 6.42. The van der Waals surface area contributed by atoms with Gasteiger partial charge < -0.3 is 0 Å². The first-order valence-corrected chi connectivity index (χ1v) is 8.64. The molecule has 124 valence electrons. The molecule has 0 saturated carbocycles. The summed E-state index contributed by atoms with van der Waals surface area (Å²) in [5, 5.41) is 0.593. The number of benzene rings is 1. The van der Waals surface area contributed by atoms with E-state index in [4.69, 9.17) is 33.0 Å². The molecule has 0 N–H and O–H groups in total. The highest BCUT2D eigenvalue weighted by Crippen LogP contribution is 2.31. The zero-order chi connectivity index (χ0) is 16.4. The van der Waals surface area contributed by atoms with Crippen LogP contribution < -0.4 is 4.89 Å². The molecule has 1 aromatic carbocycles. The molecule has 0 spiro atoms. The first-order valence-electron chi connectivity index (χ1n) is 7.88. The van der Waals surface area contributed by atoms with Gasteiger partial charge in [-0.25, -0.2) is 4.79 Å². The van der Waals surface area contributed by atoms with Crippen molar-refractivity contribution in [2.45, 2.75) is 58.8 Å².